The van der Waals surface area contributed by atoms with Crippen LogP contribution in [0.2, 0.25) is 5.02 Å². The molecule has 22 heavy (non-hydrogen) atoms. The average molecular weight is 325 g/mol. The number of hydrogen-bond donors (Lipinski definition) is 3. The Morgan fingerprint density at radius 1 is 1.41 bits per heavy atom. The zero-order valence-corrected chi connectivity index (χ0v) is 12.8. The number of aliphatic hydroxyl groups excluding tert-OH is 1. The summed E-state index contributed by atoms with van der Waals surface area (Å²) in [4.78, 5) is 15.9. The summed E-state index contributed by atoms with van der Waals surface area (Å²) in [5.74, 6) is 0.739. The molecule has 1 aromatic heterocycles. The molecule has 0 saturated carbocycles. The van der Waals surface area contributed by atoms with E-state index in [9.17, 15) is 4.79 Å². The number of halogens is 1. The molecule has 0 aliphatic heterocycles. The number of aromatic nitrogens is 2. The van der Waals surface area contributed by atoms with Gasteiger partial charge < -0.3 is 20.3 Å². The maximum Gasteiger partial charge on any atom is 0.315 e. The number of benzene rings is 1. The Labute approximate surface area is 132 Å². The van der Waals surface area contributed by atoms with Gasteiger partial charge in [0.05, 0.1) is 6.04 Å². The monoisotopic (exact) mass is 324 g/mol. The maximum absolute atomic E-state index is 11.6. The highest BCUT2D eigenvalue weighted by Crippen LogP contribution is 2.21. The van der Waals surface area contributed by atoms with Crippen LogP contribution < -0.4 is 10.6 Å². The molecule has 2 aromatic rings. The minimum absolute atomic E-state index is 0.0329. The van der Waals surface area contributed by atoms with Gasteiger partial charge in [-0.25, -0.2) is 4.79 Å². The van der Waals surface area contributed by atoms with Crippen molar-refractivity contribution in [2.45, 2.75) is 19.4 Å². The van der Waals surface area contributed by atoms with Crippen LogP contribution in [0.15, 0.2) is 28.8 Å². The van der Waals surface area contributed by atoms with Gasteiger partial charge in [0, 0.05) is 23.7 Å². The molecule has 0 spiro atoms. The molecule has 3 N–H and O–H groups in total. The summed E-state index contributed by atoms with van der Waals surface area (Å²) >= 11 is 5.83. The van der Waals surface area contributed by atoms with Crippen molar-refractivity contribution in [3.8, 4) is 11.5 Å². The van der Waals surface area contributed by atoms with Gasteiger partial charge in [-0.3, -0.25) is 0 Å². The lowest BCUT2D eigenvalue weighted by molar-refractivity contribution is 0.234. The van der Waals surface area contributed by atoms with Crippen LogP contribution in [0.5, 0.6) is 0 Å². The highest BCUT2D eigenvalue weighted by atomic mass is 35.5. The number of nitrogens with zero attached hydrogens (tertiary/aromatic N) is 2. The number of aliphatic hydroxyl groups is 1. The number of nitrogens with one attached hydrogen (secondary N) is 2. The summed E-state index contributed by atoms with van der Waals surface area (Å²) in [6.07, 6.45) is 0.505. The molecule has 1 atom stereocenters. The third-order valence-corrected chi connectivity index (χ3v) is 3.14. The quantitative estimate of drug-likeness (QED) is 0.707. The topological polar surface area (TPSA) is 100 Å². The molecule has 1 heterocycles. The molecule has 2 amide bonds. The first-order valence-electron chi connectivity index (χ1n) is 6.85. The van der Waals surface area contributed by atoms with E-state index in [2.05, 4.69) is 20.8 Å². The van der Waals surface area contributed by atoms with Crippen molar-refractivity contribution in [1.82, 2.24) is 20.8 Å². The van der Waals surface area contributed by atoms with E-state index in [1.165, 1.54) is 0 Å². The Morgan fingerprint density at radius 3 is 2.82 bits per heavy atom. The van der Waals surface area contributed by atoms with Gasteiger partial charge in [0.2, 0.25) is 0 Å². The van der Waals surface area contributed by atoms with E-state index < -0.39 is 6.04 Å². The zero-order chi connectivity index (χ0) is 15.9. The normalized spacial score (nSPS) is 12.0. The van der Waals surface area contributed by atoms with E-state index in [1.807, 2.05) is 0 Å². The molecule has 8 heteroatoms. The van der Waals surface area contributed by atoms with Crippen LogP contribution in [0.25, 0.3) is 11.5 Å². The van der Waals surface area contributed by atoms with Crippen LogP contribution in [-0.2, 0) is 0 Å². The number of carbonyl (C=O) groups excluding carboxylic acids is 1. The Kier molecular flexibility index (Phi) is 5.74. The number of carbonyl (C=O) groups is 1. The molecule has 0 radical (unpaired) electrons. The Bertz CT molecular complexity index is 615. The van der Waals surface area contributed by atoms with Crippen molar-refractivity contribution in [1.29, 1.82) is 0 Å². The molecule has 0 aliphatic rings. The molecular weight excluding hydrogens is 308 g/mol. The first kappa shape index (κ1) is 16.3. The fraction of sp³-hybridized carbons (Fsp3) is 0.357. The van der Waals surface area contributed by atoms with Crippen molar-refractivity contribution in [2.24, 2.45) is 0 Å². The Morgan fingerprint density at radius 2 is 2.14 bits per heavy atom. The minimum atomic E-state index is -0.404. The molecule has 1 aromatic carbocycles. The first-order valence-corrected chi connectivity index (χ1v) is 7.22. The Balaban J connectivity index is 1.95. The largest absolute Gasteiger partial charge is 0.396 e. The molecule has 0 bridgehead atoms. The lowest BCUT2D eigenvalue weighted by atomic mass is 10.2. The molecular formula is C14H17ClN4O3. The Hall–Kier alpha value is -2.12. The van der Waals surface area contributed by atoms with Gasteiger partial charge in [-0.05, 0) is 37.6 Å². The molecule has 0 saturated heterocycles. The molecule has 7 nitrogen and oxygen atoms in total. The van der Waals surface area contributed by atoms with Crippen molar-refractivity contribution in [3.05, 3.63) is 35.1 Å². The van der Waals surface area contributed by atoms with E-state index in [0.717, 1.165) is 5.56 Å². The summed E-state index contributed by atoms with van der Waals surface area (Å²) < 4.78 is 5.18. The predicted molar refractivity (Wildman–Crippen MR) is 81.4 cm³/mol. The van der Waals surface area contributed by atoms with Gasteiger partial charge in [-0.1, -0.05) is 16.8 Å². The SMILES string of the molecule is CC(NC(=O)NCCCO)c1noc(-c2ccc(Cl)cc2)n1. The van der Waals surface area contributed by atoms with Gasteiger partial charge in [-0.15, -0.1) is 0 Å². The molecule has 0 fully saturated rings. The average Bonchev–Trinajstić information content (AvgIpc) is 2.98. The van der Waals surface area contributed by atoms with E-state index in [-0.39, 0.29) is 12.6 Å². The van der Waals surface area contributed by atoms with E-state index in [4.69, 9.17) is 21.2 Å². The van der Waals surface area contributed by atoms with Gasteiger partial charge >= 0.3 is 6.03 Å². The molecule has 118 valence electrons. The van der Waals surface area contributed by atoms with Crippen molar-refractivity contribution < 1.29 is 14.4 Å². The highest BCUT2D eigenvalue weighted by Gasteiger charge is 2.16. The van der Waals surface area contributed by atoms with E-state index >= 15 is 0 Å². The summed E-state index contributed by atoms with van der Waals surface area (Å²) in [6, 6.07) is 6.27. The van der Waals surface area contributed by atoms with Crippen LogP contribution >= 0.6 is 11.6 Å². The second-order valence-corrected chi connectivity index (χ2v) is 5.10. The van der Waals surface area contributed by atoms with Crippen molar-refractivity contribution >= 4 is 17.6 Å². The van der Waals surface area contributed by atoms with Crippen LogP contribution in [0.3, 0.4) is 0 Å². The third-order valence-electron chi connectivity index (χ3n) is 2.89. The third kappa shape index (κ3) is 4.44. The summed E-state index contributed by atoms with van der Waals surface area (Å²) in [5.41, 5.74) is 0.753. The molecule has 1 unspecified atom stereocenters. The summed E-state index contributed by atoms with van der Waals surface area (Å²) in [7, 11) is 0. The second-order valence-electron chi connectivity index (χ2n) is 4.66. The molecule has 2 rings (SSSR count). The summed E-state index contributed by atoms with van der Waals surface area (Å²) in [5, 5.41) is 18.5. The number of amides is 2. The number of rotatable bonds is 6. The van der Waals surface area contributed by atoms with Gasteiger partial charge in [-0.2, -0.15) is 4.98 Å². The maximum atomic E-state index is 11.6. The van der Waals surface area contributed by atoms with Crippen LogP contribution in [0.4, 0.5) is 4.79 Å². The number of urea groups is 1. The van der Waals surface area contributed by atoms with Gasteiger partial charge in [0.25, 0.3) is 5.89 Å². The second kappa shape index (κ2) is 7.77. The van der Waals surface area contributed by atoms with Crippen LogP contribution in [-0.4, -0.2) is 34.4 Å². The molecule has 0 aliphatic carbocycles. The lowest BCUT2D eigenvalue weighted by Crippen LogP contribution is -2.38. The van der Waals surface area contributed by atoms with Gasteiger partial charge in [0.1, 0.15) is 0 Å². The van der Waals surface area contributed by atoms with Crippen LogP contribution in [0.1, 0.15) is 25.2 Å². The standard InChI is InChI=1S/C14H17ClN4O3/c1-9(17-14(21)16-7-2-8-20)12-18-13(22-19-12)10-3-5-11(15)6-4-10/h3-6,9,20H,2,7-8H2,1H3,(H2,16,17,21). The first-order chi connectivity index (χ1) is 10.6. The van der Waals surface area contributed by atoms with Gasteiger partial charge in [0.15, 0.2) is 5.82 Å². The minimum Gasteiger partial charge on any atom is -0.396 e. The lowest BCUT2D eigenvalue weighted by Gasteiger charge is -2.10. The summed E-state index contributed by atoms with van der Waals surface area (Å²) in [6.45, 7) is 2.19. The predicted octanol–water partition coefficient (Wildman–Crippen LogP) is 2.13. The van der Waals surface area contributed by atoms with Crippen LogP contribution in [0, 0.1) is 0 Å². The fourth-order valence-corrected chi connectivity index (χ4v) is 1.84. The van der Waals surface area contributed by atoms with Crippen molar-refractivity contribution in [3.63, 3.8) is 0 Å². The fourth-order valence-electron chi connectivity index (χ4n) is 1.71. The zero-order valence-electron chi connectivity index (χ0n) is 12.0. The van der Waals surface area contributed by atoms with E-state index in [1.54, 1.807) is 31.2 Å². The van der Waals surface area contributed by atoms with Crippen molar-refractivity contribution in [2.75, 3.05) is 13.2 Å². The highest BCUT2D eigenvalue weighted by molar-refractivity contribution is 6.30. The van der Waals surface area contributed by atoms with E-state index in [0.29, 0.717) is 29.7 Å². The smallest absolute Gasteiger partial charge is 0.315 e. The number of hydrogen-bond acceptors (Lipinski definition) is 5.